The van der Waals surface area contributed by atoms with Gasteiger partial charge in [0.05, 0.1) is 17.1 Å². The smallest absolute Gasteiger partial charge is 0.0964 e. The van der Waals surface area contributed by atoms with E-state index in [4.69, 9.17) is 0 Å². The zero-order valence-corrected chi connectivity index (χ0v) is 17.6. The maximum absolute atomic E-state index is 4.51. The molecular formula is C22H33N5. The first-order valence-electron chi connectivity index (χ1n) is 10.3. The highest BCUT2D eigenvalue weighted by atomic mass is 15.3. The zero-order chi connectivity index (χ0) is 19.3. The van der Waals surface area contributed by atoms with Crippen LogP contribution in [0.2, 0.25) is 0 Å². The van der Waals surface area contributed by atoms with Crippen molar-refractivity contribution in [2.45, 2.75) is 41.0 Å². The second-order valence-corrected chi connectivity index (χ2v) is 9.89. The molecule has 3 heterocycles. The summed E-state index contributed by atoms with van der Waals surface area (Å²) in [6.07, 6.45) is 3.09. The minimum atomic E-state index is 0.399. The Kier molecular flexibility index (Phi) is 4.61. The van der Waals surface area contributed by atoms with Crippen LogP contribution in [0, 0.1) is 36.0 Å². The topological polar surface area (TPSA) is 46.8 Å². The molecule has 5 nitrogen and oxygen atoms in total. The molecule has 0 spiro atoms. The van der Waals surface area contributed by atoms with Gasteiger partial charge in [-0.05, 0) is 54.6 Å². The molecule has 2 aliphatic rings. The van der Waals surface area contributed by atoms with Gasteiger partial charge in [-0.2, -0.15) is 15.3 Å². The second kappa shape index (κ2) is 6.69. The third kappa shape index (κ3) is 3.79. The molecule has 1 aliphatic carbocycles. The van der Waals surface area contributed by atoms with E-state index in [0.29, 0.717) is 5.41 Å². The lowest BCUT2D eigenvalue weighted by atomic mass is 9.82. The van der Waals surface area contributed by atoms with Crippen molar-refractivity contribution >= 4 is 0 Å². The molecule has 4 rings (SSSR count). The van der Waals surface area contributed by atoms with Gasteiger partial charge in [0.15, 0.2) is 0 Å². The van der Waals surface area contributed by atoms with E-state index in [1.165, 1.54) is 19.6 Å². The van der Waals surface area contributed by atoms with E-state index in [9.17, 15) is 0 Å². The monoisotopic (exact) mass is 367 g/mol. The van der Waals surface area contributed by atoms with Crippen molar-refractivity contribution in [3.8, 4) is 11.3 Å². The second-order valence-electron chi connectivity index (χ2n) is 9.89. The van der Waals surface area contributed by atoms with Crippen LogP contribution in [-0.2, 0) is 13.5 Å². The zero-order valence-electron chi connectivity index (χ0n) is 17.6. The Morgan fingerprint density at radius 3 is 2.37 bits per heavy atom. The molecule has 0 aromatic carbocycles. The number of aryl methyl sites for hydroxylation is 2. The molecule has 4 atom stereocenters. The Hall–Kier alpha value is -1.75. The molecule has 1 saturated heterocycles. The number of piperidine rings is 1. The van der Waals surface area contributed by atoms with Gasteiger partial charge in [0.2, 0.25) is 0 Å². The van der Waals surface area contributed by atoms with E-state index < -0.39 is 0 Å². The average molecular weight is 368 g/mol. The lowest BCUT2D eigenvalue weighted by molar-refractivity contribution is 0.167. The molecule has 0 amide bonds. The lowest BCUT2D eigenvalue weighted by Crippen LogP contribution is -2.34. The van der Waals surface area contributed by atoms with Crippen molar-refractivity contribution < 1.29 is 0 Å². The molecule has 146 valence electrons. The Labute approximate surface area is 163 Å². The molecular weight excluding hydrogens is 334 g/mol. The average Bonchev–Trinajstić information content (AvgIpc) is 2.93. The molecule has 2 aromatic rings. The van der Waals surface area contributed by atoms with Gasteiger partial charge < -0.3 is 4.90 Å². The van der Waals surface area contributed by atoms with E-state index in [1.54, 1.807) is 0 Å². The van der Waals surface area contributed by atoms with Crippen LogP contribution in [0.3, 0.4) is 0 Å². The number of rotatable bonds is 5. The highest BCUT2D eigenvalue weighted by Gasteiger charge is 2.55. The maximum Gasteiger partial charge on any atom is 0.0964 e. The molecule has 1 saturated carbocycles. The Morgan fingerprint density at radius 2 is 1.85 bits per heavy atom. The van der Waals surface area contributed by atoms with Gasteiger partial charge in [-0.3, -0.25) is 4.68 Å². The summed E-state index contributed by atoms with van der Waals surface area (Å²) >= 11 is 0. The van der Waals surface area contributed by atoms with E-state index in [0.717, 1.165) is 52.7 Å². The summed E-state index contributed by atoms with van der Waals surface area (Å²) in [7, 11) is 1.94. The first-order valence-corrected chi connectivity index (χ1v) is 10.3. The summed E-state index contributed by atoms with van der Waals surface area (Å²) in [5, 5.41) is 13.4. The van der Waals surface area contributed by atoms with Crippen LogP contribution in [-0.4, -0.2) is 44.5 Å². The Morgan fingerprint density at radius 1 is 1.15 bits per heavy atom. The molecule has 2 fully saturated rings. The summed E-state index contributed by atoms with van der Waals surface area (Å²) in [5.74, 6) is 3.30. The third-order valence-corrected chi connectivity index (χ3v) is 6.91. The van der Waals surface area contributed by atoms with Crippen molar-refractivity contribution in [1.82, 2.24) is 24.9 Å². The number of fused-ring (bicyclic) bond motifs is 1. The van der Waals surface area contributed by atoms with E-state index in [2.05, 4.69) is 60.0 Å². The minimum Gasteiger partial charge on any atom is -0.302 e. The van der Waals surface area contributed by atoms with Crippen molar-refractivity contribution in [2.75, 3.05) is 19.6 Å². The highest BCUT2D eigenvalue weighted by molar-refractivity contribution is 5.60. The standard InChI is InChI=1S/C22H33N5/c1-14(22(3,4)5)10-27-12-19-17(20(19)13-27)9-16-7-8-21(24-23-16)18-11-26(6)25-15(18)2/h7-8,11,14,17,19-20H,9-10,12-13H2,1-6H3/t14?,17?,19-,20+. The number of hydrogen-bond acceptors (Lipinski definition) is 4. The third-order valence-electron chi connectivity index (χ3n) is 6.91. The fourth-order valence-corrected chi connectivity index (χ4v) is 4.55. The lowest BCUT2D eigenvalue weighted by Gasteiger charge is -2.32. The van der Waals surface area contributed by atoms with Crippen LogP contribution in [0.5, 0.6) is 0 Å². The van der Waals surface area contributed by atoms with Crippen LogP contribution in [0.4, 0.5) is 0 Å². The van der Waals surface area contributed by atoms with E-state index >= 15 is 0 Å². The summed E-state index contributed by atoms with van der Waals surface area (Å²) in [6.45, 7) is 15.3. The van der Waals surface area contributed by atoms with Gasteiger partial charge >= 0.3 is 0 Å². The first kappa shape index (κ1) is 18.6. The number of likely N-dealkylation sites (tertiary alicyclic amines) is 1. The van der Waals surface area contributed by atoms with Gasteiger partial charge in [-0.25, -0.2) is 0 Å². The van der Waals surface area contributed by atoms with E-state index in [1.807, 2.05) is 24.9 Å². The molecule has 2 unspecified atom stereocenters. The van der Waals surface area contributed by atoms with Crippen LogP contribution >= 0.6 is 0 Å². The predicted octanol–water partition coefficient (Wildman–Crippen LogP) is 3.59. The number of hydrogen-bond donors (Lipinski definition) is 0. The van der Waals surface area contributed by atoms with Crippen molar-refractivity contribution in [3.63, 3.8) is 0 Å². The number of nitrogens with zero attached hydrogens (tertiary/aromatic N) is 5. The van der Waals surface area contributed by atoms with Gasteiger partial charge in [0.25, 0.3) is 0 Å². The molecule has 27 heavy (non-hydrogen) atoms. The molecule has 0 N–H and O–H groups in total. The van der Waals surface area contributed by atoms with Crippen molar-refractivity contribution in [2.24, 2.45) is 36.1 Å². The highest BCUT2D eigenvalue weighted by Crippen LogP contribution is 2.53. The SMILES string of the molecule is Cc1nn(C)cc1-c1ccc(CC2[C@H]3CN(CC(C)C(C)(C)C)C[C@@H]23)nn1. The van der Waals surface area contributed by atoms with Crippen LogP contribution in [0.15, 0.2) is 18.3 Å². The Balaban J connectivity index is 1.31. The Bertz CT molecular complexity index is 789. The van der Waals surface area contributed by atoms with Crippen molar-refractivity contribution in [3.05, 3.63) is 29.7 Å². The summed E-state index contributed by atoms with van der Waals surface area (Å²) < 4.78 is 1.83. The minimum absolute atomic E-state index is 0.399. The van der Waals surface area contributed by atoms with Gasteiger partial charge in [0, 0.05) is 38.4 Å². The normalized spacial score (nSPS) is 26.2. The van der Waals surface area contributed by atoms with E-state index in [-0.39, 0.29) is 0 Å². The number of aromatic nitrogens is 4. The molecule has 0 radical (unpaired) electrons. The summed E-state index contributed by atoms with van der Waals surface area (Å²) in [5.41, 5.74) is 4.53. The largest absolute Gasteiger partial charge is 0.302 e. The van der Waals surface area contributed by atoms with Gasteiger partial charge in [0.1, 0.15) is 0 Å². The first-order chi connectivity index (χ1) is 12.7. The molecule has 1 aliphatic heterocycles. The fraction of sp³-hybridized carbons (Fsp3) is 0.682. The van der Waals surface area contributed by atoms with Crippen molar-refractivity contribution in [1.29, 1.82) is 0 Å². The van der Waals surface area contributed by atoms with Crippen LogP contribution in [0.25, 0.3) is 11.3 Å². The predicted molar refractivity (Wildman–Crippen MR) is 108 cm³/mol. The fourth-order valence-electron chi connectivity index (χ4n) is 4.55. The summed E-state index contributed by atoms with van der Waals surface area (Å²) in [6, 6.07) is 4.25. The molecule has 0 bridgehead atoms. The quantitative estimate of drug-likeness (QED) is 0.810. The van der Waals surface area contributed by atoms with Gasteiger partial charge in [-0.1, -0.05) is 27.7 Å². The maximum atomic E-state index is 4.51. The van der Waals surface area contributed by atoms with Crippen LogP contribution < -0.4 is 0 Å². The molecule has 2 aromatic heterocycles. The van der Waals surface area contributed by atoms with Crippen LogP contribution in [0.1, 0.15) is 39.1 Å². The summed E-state index contributed by atoms with van der Waals surface area (Å²) in [4.78, 5) is 2.68. The van der Waals surface area contributed by atoms with Gasteiger partial charge in [-0.15, -0.1) is 0 Å². The molecule has 5 heteroatoms.